The van der Waals surface area contributed by atoms with E-state index >= 15 is 0 Å². The lowest BCUT2D eigenvalue weighted by molar-refractivity contribution is 0.397. The number of hydrogen-bond acceptors (Lipinski definition) is 5. The summed E-state index contributed by atoms with van der Waals surface area (Å²) in [5.41, 5.74) is 3.21. The Hall–Kier alpha value is -2.76. The molecule has 3 aromatic heterocycles. The Morgan fingerprint density at radius 2 is 1.88 bits per heavy atom. The number of anilines is 1. The molecule has 4 heterocycles. The third-order valence-electron chi connectivity index (χ3n) is 4.83. The van der Waals surface area contributed by atoms with Gasteiger partial charge in [0.1, 0.15) is 0 Å². The third kappa shape index (κ3) is 3.52. The van der Waals surface area contributed by atoms with E-state index in [4.69, 9.17) is 4.98 Å². The molecule has 0 aliphatic carbocycles. The van der Waals surface area contributed by atoms with E-state index in [0.29, 0.717) is 5.92 Å². The fraction of sp³-hybridized carbons (Fsp3) is 0.368. The standard InChI is InChI=1S/C19H22N6/c1-24-14-20-13-18(24)17-5-2-4-16(23-17)12-15-6-10-25(11-7-15)19-21-8-3-9-22-19/h2-5,8-9,13-15H,6-7,10-12H2,1H3. The molecule has 1 aliphatic heterocycles. The fourth-order valence-corrected chi connectivity index (χ4v) is 3.43. The number of imidazole rings is 1. The van der Waals surface area contributed by atoms with Crippen molar-refractivity contribution < 1.29 is 0 Å². The Morgan fingerprint density at radius 3 is 2.60 bits per heavy atom. The second-order valence-electron chi connectivity index (χ2n) is 6.59. The molecule has 0 aromatic carbocycles. The number of hydrogen-bond donors (Lipinski definition) is 0. The van der Waals surface area contributed by atoms with Crippen LogP contribution in [0.1, 0.15) is 18.5 Å². The quantitative estimate of drug-likeness (QED) is 0.734. The molecule has 4 rings (SSSR count). The molecule has 0 radical (unpaired) electrons. The molecule has 0 N–H and O–H groups in total. The molecule has 0 bridgehead atoms. The van der Waals surface area contributed by atoms with Crippen LogP contribution < -0.4 is 4.90 Å². The topological polar surface area (TPSA) is 59.7 Å². The van der Waals surface area contributed by atoms with E-state index in [1.54, 1.807) is 0 Å². The average Bonchev–Trinajstić information content (AvgIpc) is 3.09. The van der Waals surface area contributed by atoms with Gasteiger partial charge in [-0.05, 0) is 43.4 Å². The van der Waals surface area contributed by atoms with Crippen molar-refractivity contribution in [3.8, 4) is 11.4 Å². The van der Waals surface area contributed by atoms with E-state index in [-0.39, 0.29) is 0 Å². The van der Waals surface area contributed by atoms with Gasteiger partial charge in [-0.3, -0.25) is 4.98 Å². The molecule has 6 heteroatoms. The molecular formula is C19H22N6. The van der Waals surface area contributed by atoms with E-state index in [2.05, 4.69) is 38.1 Å². The molecule has 0 spiro atoms. The molecule has 1 aliphatic rings. The molecule has 0 unspecified atom stereocenters. The summed E-state index contributed by atoms with van der Waals surface area (Å²) in [6.07, 6.45) is 10.6. The van der Waals surface area contributed by atoms with Gasteiger partial charge in [0.25, 0.3) is 0 Å². The van der Waals surface area contributed by atoms with Crippen molar-refractivity contribution in [1.82, 2.24) is 24.5 Å². The van der Waals surface area contributed by atoms with Gasteiger partial charge < -0.3 is 9.47 Å². The van der Waals surface area contributed by atoms with Crippen LogP contribution in [0, 0.1) is 5.92 Å². The summed E-state index contributed by atoms with van der Waals surface area (Å²) in [4.78, 5) is 20.0. The van der Waals surface area contributed by atoms with Gasteiger partial charge in [0.2, 0.25) is 5.95 Å². The molecular weight excluding hydrogens is 312 g/mol. The highest BCUT2D eigenvalue weighted by atomic mass is 15.2. The van der Waals surface area contributed by atoms with Crippen LogP contribution in [0.25, 0.3) is 11.4 Å². The van der Waals surface area contributed by atoms with E-state index in [1.165, 1.54) is 0 Å². The number of nitrogens with zero attached hydrogens (tertiary/aromatic N) is 6. The zero-order chi connectivity index (χ0) is 17.1. The van der Waals surface area contributed by atoms with Gasteiger partial charge in [-0.25, -0.2) is 15.0 Å². The van der Waals surface area contributed by atoms with E-state index in [9.17, 15) is 0 Å². The van der Waals surface area contributed by atoms with E-state index in [0.717, 1.165) is 55.4 Å². The van der Waals surface area contributed by atoms with Crippen molar-refractivity contribution in [2.45, 2.75) is 19.3 Å². The highest BCUT2D eigenvalue weighted by Crippen LogP contribution is 2.24. The van der Waals surface area contributed by atoms with Crippen molar-refractivity contribution in [1.29, 1.82) is 0 Å². The Balaban J connectivity index is 1.40. The van der Waals surface area contributed by atoms with Crippen molar-refractivity contribution in [3.05, 3.63) is 54.9 Å². The zero-order valence-corrected chi connectivity index (χ0v) is 14.4. The minimum atomic E-state index is 0.661. The summed E-state index contributed by atoms with van der Waals surface area (Å²) in [7, 11) is 2.00. The van der Waals surface area contributed by atoms with Gasteiger partial charge in [0.05, 0.1) is 23.9 Å². The predicted octanol–water partition coefficient (Wildman–Crippen LogP) is 2.73. The summed E-state index contributed by atoms with van der Waals surface area (Å²) in [5.74, 6) is 1.51. The van der Waals surface area contributed by atoms with E-state index < -0.39 is 0 Å². The molecule has 1 fully saturated rings. The van der Waals surface area contributed by atoms with E-state index in [1.807, 2.05) is 42.6 Å². The summed E-state index contributed by atoms with van der Waals surface area (Å²) in [6, 6.07) is 8.14. The Bertz CT molecular complexity index is 821. The van der Waals surface area contributed by atoms with Crippen LogP contribution >= 0.6 is 0 Å². The second kappa shape index (κ2) is 7.01. The Morgan fingerprint density at radius 1 is 1.08 bits per heavy atom. The van der Waals surface area contributed by atoms with Gasteiger partial charge >= 0.3 is 0 Å². The van der Waals surface area contributed by atoms with Crippen molar-refractivity contribution in [2.75, 3.05) is 18.0 Å². The van der Waals surface area contributed by atoms with Crippen molar-refractivity contribution >= 4 is 5.95 Å². The Labute approximate surface area is 147 Å². The summed E-state index contributed by atoms with van der Waals surface area (Å²) in [5, 5.41) is 0. The van der Waals surface area contributed by atoms with Gasteiger partial charge in [0.15, 0.2) is 0 Å². The minimum Gasteiger partial charge on any atom is -0.341 e. The molecule has 0 amide bonds. The highest BCUT2D eigenvalue weighted by molar-refractivity contribution is 5.53. The van der Waals surface area contributed by atoms with Crippen LogP contribution in [-0.4, -0.2) is 37.6 Å². The van der Waals surface area contributed by atoms with Crippen molar-refractivity contribution in [2.24, 2.45) is 13.0 Å². The summed E-state index contributed by atoms with van der Waals surface area (Å²) in [6.45, 7) is 2.02. The number of pyridine rings is 1. The summed E-state index contributed by atoms with van der Waals surface area (Å²) < 4.78 is 2.00. The van der Waals surface area contributed by atoms with Crippen LogP contribution in [0.15, 0.2) is 49.2 Å². The largest absolute Gasteiger partial charge is 0.341 e. The molecule has 128 valence electrons. The molecule has 0 saturated carbocycles. The Kier molecular flexibility index (Phi) is 4.41. The predicted molar refractivity (Wildman–Crippen MR) is 97.1 cm³/mol. The maximum absolute atomic E-state index is 4.85. The molecule has 0 atom stereocenters. The first-order valence-corrected chi connectivity index (χ1v) is 8.74. The maximum Gasteiger partial charge on any atom is 0.225 e. The maximum atomic E-state index is 4.85. The molecule has 3 aromatic rings. The fourth-order valence-electron chi connectivity index (χ4n) is 3.43. The zero-order valence-electron chi connectivity index (χ0n) is 14.4. The van der Waals surface area contributed by atoms with Crippen molar-refractivity contribution in [3.63, 3.8) is 0 Å². The minimum absolute atomic E-state index is 0.661. The lowest BCUT2D eigenvalue weighted by Crippen LogP contribution is -2.35. The normalized spacial score (nSPS) is 15.5. The van der Waals surface area contributed by atoms with Crippen LogP contribution in [0.5, 0.6) is 0 Å². The van der Waals surface area contributed by atoms with Crippen LogP contribution in [0.2, 0.25) is 0 Å². The molecule has 1 saturated heterocycles. The third-order valence-corrected chi connectivity index (χ3v) is 4.83. The number of piperidine rings is 1. The van der Waals surface area contributed by atoms with Gasteiger partial charge in [0, 0.05) is 38.2 Å². The lowest BCUT2D eigenvalue weighted by Gasteiger charge is -2.31. The van der Waals surface area contributed by atoms with Crippen LogP contribution in [0.3, 0.4) is 0 Å². The molecule has 6 nitrogen and oxygen atoms in total. The summed E-state index contributed by atoms with van der Waals surface area (Å²) >= 11 is 0. The molecule has 25 heavy (non-hydrogen) atoms. The number of aromatic nitrogens is 5. The van der Waals surface area contributed by atoms with Gasteiger partial charge in [-0.1, -0.05) is 6.07 Å². The number of aryl methyl sites for hydroxylation is 1. The van der Waals surface area contributed by atoms with Crippen LogP contribution in [0.4, 0.5) is 5.95 Å². The van der Waals surface area contributed by atoms with Gasteiger partial charge in [-0.2, -0.15) is 0 Å². The second-order valence-corrected chi connectivity index (χ2v) is 6.59. The first kappa shape index (κ1) is 15.7. The first-order chi connectivity index (χ1) is 12.3. The first-order valence-electron chi connectivity index (χ1n) is 8.74. The highest BCUT2D eigenvalue weighted by Gasteiger charge is 2.21. The SMILES string of the molecule is Cn1cncc1-c1cccc(CC2CCN(c3ncccn3)CC2)n1. The smallest absolute Gasteiger partial charge is 0.225 e. The average molecular weight is 334 g/mol. The van der Waals surface area contributed by atoms with Crippen LogP contribution in [-0.2, 0) is 13.5 Å². The number of rotatable bonds is 4. The van der Waals surface area contributed by atoms with Gasteiger partial charge in [-0.15, -0.1) is 0 Å². The monoisotopic (exact) mass is 334 g/mol. The lowest BCUT2D eigenvalue weighted by atomic mass is 9.92.